The molecule has 0 saturated carbocycles. The largest absolute Gasteiger partial charge is 0.465 e. The normalized spacial score (nSPS) is 12.3. The molecule has 2 aromatic carbocycles. The third kappa shape index (κ3) is 2.68. The summed E-state index contributed by atoms with van der Waals surface area (Å²) in [5.41, 5.74) is 6.93. The van der Waals surface area contributed by atoms with Crippen LogP contribution in [0.2, 0.25) is 0 Å². The fraction of sp³-hybridized carbons (Fsp3) is 0.267. The highest BCUT2D eigenvalue weighted by Crippen LogP contribution is 2.19. The highest BCUT2D eigenvalue weighted by Gasteiger charge is 2.16. The Morgan fingerprint density at radius 1 is 1.22 bits per heavy atom. The number of hydrogen-bond acceptors (Lipinski definition) is 3. The second kappa shape index (κ2) is 5.65. The summed E-state index contributed by atoms with van der Waals surface area (Å²) in [6, 6.07) is 13.5. The van der Waals surface area contributed by atoms with Crippen molar-refractivity contribution in [1.82, 2.24) is 0 Å². The Morgan fingerprint density at radius 2 is 1.94 bits per heavy atom. The van der Waals surface area contributed by atoms with Crippen LogP contribution in [0.5, 0.6) is 0 Å². The predicted molar refractivity (Wildman–Crippen MR) is 72.3 cm³/mol. The fourth-order valence-corrected chi connectivity index (χ4v) is 2.04. The first-order valence-electron chi connectivity index (χ1n) is 6.11. The van der Waals surface area contributed by atoms with Crippen LogP contribution in [0, 0.1) is 0 Å². The molecule has 2 N–H and O–H groups in total. The van der Waals surface area contributed by atoms with Crippen molar-refractivity contribution < 1.29 is 9.53 Å². The zero-order valence-electron chi connectivity index (χ0n) is 10.4. The second-order valence-corrected chi connectivity index (χ2v) is 4.20. The SMILES string of the molecule is CCOC(=O)[C@H](N)Cc1cccc2ccccc12. The minimum atomic E-state index is -0.601. The summed E-state index contributed by atoms with van der Waals surface area (Å²) < 4.78 is 4.92. The lowest BCUT2D eigenvalue weighted by molar-refractivity contribution is -0.144. The van der Waals surface area contributed by atoms with Crippen LogP contribution in [0.4, 0.5) is 0 Å². The molecule has 0 fully saturated rings. The number of benzene rings is 2. The summed E-state index contributed by atoms with van der Waals surface area (Å²) in [7, 11) is 0. The van der Waals surface area contributed by atoms with E-state index in [1.807, 2.05) is 30.3 Å². The van der Waals surface area contributed by atoms with Crippen LogP contribution in [0.15, 0.2) is 42.5 Å². The highest BCUT2D eigenvalue weighted by molar-refractivity contribution is 5.86. The van der Waals surface area contributed by atoms with Gasteiger partial charge in [-0.15, -0.1) is 0 Å². The smallest absolute Gasteiger partial charge is 0.323 e. The lowest BCUT2D eigenvalue weighted by Crippen LogP contribution is -2.34. The van der Waals surface area contributed by atoms with Gasteiger partial charge in [0.15, 0.2) is 0 Å². The molecule has 94 valence electrons. The van der Waals surface area contributed by atoms with Crippen LogP contribution in [-0.4, -0.2) is 18.6 Å². The Kier molecular flexibility index (Phi) is 3.95. The van der Waals surface area contributed by atoms with Gasteiger partial charge in [-0.1, -0.05) is 42.5 Å². The third-order valence-corrected chi connectivity index (χ3v) is 2.91. The van der Waals surface area contributed by atoms with Gasteiger partial charge in [-0.2, -0.15) is 0 Å². The second-order valence-electron chi connectivity index (χ2n) is 4.20. The molecule has 0 unspecified atom stereocenters. The van der Waals surface area contributed by atoms with Gasteiger partial charge in [0.2, 0.25) is 0 Å². The summed E-state index contributed by atoms with van der Waals surface area (Å²) in [4.78, 5) is 11.5. The van der Waals surface area contributed by atoms with Gasteiger partial charge in [0.1, 0.15) is 6.04 Å². The quantitative estimate of drug-likeness (QED) is 0.838. The molecule has 2 rings (SSSR count). The molecule has 0 aliphatic rings. The average molecular weight is 243 g/mol. The fourth-order valence-electron chi connectivity index (χ4n) is 2.04. The number of carbonyl (C=O) groups excluding carboxylic acids is 1. The van der Waals surface area contributed by atoms with E-state index in [1.165, 1.54) is 0 Å². The summed E-state index contributed by atoms with van der Waals surface area (Å²) in [5, 5.41) is 2.30. The van der Waals surface area contributed by atoms with Gasteiger partial charge in [-0.3, -0.25) is 4.79 Å². The standard InChI is InChI=1S/C15H17NO2/c1-2-18-15(17)14(16)10-12-8-5-7-11-6-3-4-9-13(11)12/h3-9,14H,2,10,16H2,1H3/t14-/m1/s1. The number of fused-ring (bicyclic) bond motifs is 1. The zero-order chi connectivity index (χ0) is 13.0. The summed E-state index contributed by atoms with van der Waals surface area (Å²) in [6.45, 7) is 2.14. The molecule has 3 heteroatoms. The van der Waals surface area contributed by atoms with Crippen molar-refractivity contribution in [3.8, 4) is 0 Å². The van der Waals surface area contributed by atoms with Crippen LogP contribution in [0.1, 0.15) is 12.5 Å². The van der Waals surface area contributed by atoms with Crippen LogP contribution >= 0.6 is 0 Å². The van der Waals surface area contributed by atoms with E-state index in [4.69, 9.17) is 10.5 Å². The maximum Gasteiger partial charge on any atom is 0.323 e. The number of esters is 1. The number of rotatable bonds is 4. The van der Waals surface area contributed by atoms with Gasteiger partial charge in [-0.25, -0.2) is 0 Å². The molecular formula is C15H17NO2. The molecule has 0 bridgehead atoms. The Hall–Kier alpha value is -1.87. The Morgan fingerprint density at radius 3 is 2.72 bits per heavy atom. The Bertz CT molecular complexity index is 546. The van der Waals surface area contributed by atoms with E-state index in [2.05, 4.69) is 12.1 Å². The lowest BCUT2D eigenvalue weighted by Gasteiger charge is -2.12. The van der Waals surface area contributed by atoms with E-state index in [1.54, 1.807) is 6.92 Å². The monoisotopic (exact) mass is 243 g/mol. The number of nitrogens with two attached hydrogens (primary N) is 1. The van der Waals surface area contributed by atoms with Crippen LogP contribution in [0.25, 0.3) is 10.8 Å². The van der Waals surface area contributed by atoms with Crippen molar-refractivity contribution in [1.29, 1.82) is 0 Å². The summed E-state index contributed by atoms with van der Waals surface area (Å²) >= 11 is 0. The molecule has 2 aromatic rings. The lowest BCUT2D eigenvalue weighted by atomic mass is 9.99. The van der Waals surface area contributed by atoms with Gasteiger partial charge in [0.25, 0.3) is 0 Å². The van der Waals surface area contributed by atoms with Crippen molar-refractivity contribution in [3.63, 3.8) is 0 Å². The van der Waals surface area contributed by atoms with Gasteiger partial charge in [0, 0.05) is 0 Å². The molecule has 0 amide bonds. The molecule has 0 heterocycles. The van der Waals surface area contributed by atoms with Crippen molar-refractivity contribution in [2.24, 2.45) is 5.73 Å². The molecular weight excluding hydrogens is 226 g/mol. The minimum absolute atomic E-state index is 0.342. The average Bonchev–Trinajstić information content (AvgIpc) is 2.39. The molecule has 0 aliphatic carbocycles. The molecule has 0 spiro atoms. The maximum absolute atomic E-state index is 11.5. The summed E-state index contributed by atoms with van der Waals surface area (Å²) in [6.07, 6.45) is 0.500. The number of ether oxygens (including phenoxy) is 1. The molecule has 0 saturated heterocycles. The van der Waals surface area contributed by atoms with Crippen LogP contribution in [-0.2, 0) is 16.0 Å². The van der Waals surface area contributed by atoms with Gasteiger partial charge in [-0.05, 0) is 29.7 Å². The van der Waals surface area contributed by atoms with E-state index in [0.29, 0.717) is 13.0 Å². The van der Waals surface area contributed by atoms with Crippen molar-refractivity contribution >= 4 is 16.7 Å². The summed E-state index contributed by atoms with van der Waals surface area (Å²) in [5.74, 6) is -0.342. The Balaban J connectivity index is 2.24. The van der Waals surface area contributed by atoms with E-state index in [0.717, 1.165) is 16.3 Å². The van der Waals surface area contributed by atoms with E-state index in [-0.39, 0.29) is 5.97 Å². The molecule has 0 aliphatic heterocycles. The minimum Gasteiger partial charge on any atom is -0.465 e. The van der Waals surface area contributed by atoms with Crippen LogP contribution in [0.3, 0.4) is 0 Å². The van der Waals surface area contributed by atoms with Gasteiger partial charge in [0.05, 0.1) is 6.61 Å². The van der Waals surface area contributed by atoms with E-state index in [9.17, 15) is 4.79 Å². The molecule has 18 heavy (non-hydrogen) atoms. The van der Waals surface area contributed by atoms with Crippen LogP contribution < -0.4 is 5.73 Å². The van der Waals surface area contributed by atoms with Crippen molar-refractivity contribution in [2.45, 2.75) is 19.4 Å². The number of carbonyl (C=O) groups is 1. The predicted octanol–water partition coefficient (Wildman–Crippen LogP) is 2.27. The maximum atomic E-state index is 11.5. The van der Waals surface area contributed by atoms with E-state index < -0.39 is 6.04 Å². The van der Waals surface area contributed by atoms with Gasteiger partial charge >= 0.3 is 5.97 Å². The van der Waals surface area contributed by atoms with Crippen molar-refractivity contribution in [3.05, 3.63) is 48.0 Å². The third-order valence-electron chi connectivity index (χ3n) is 2.91. The molecule has 0 aromatic heterocycles. The first-order chi connectivity index (χ1) is 8.72. The first kappa shape index (κ1) is 12.6. The number of hydrogen-bond donors (Lipinski definition) is 1. The molecule has 0 radical (unpaired) electrons. The van der Waals surface area contributed by atoms with Gasteiger partial charge < -0.3 is 10.5 Å². The highest BCUT2D eigenvalue weighted by atomic mass is 16.5. The Labute approximate surface area is 107 Å². The molecule has 3 nitrogen and oxygen atoms in total. The topological polar surface area (TPSA) is 52.3 Å². The zero-order valence-corrected chi connectivity index (χ0v) is 10.4. The van der Waals surface area contributed by atoms with Crippen molar-refractivity contribution in [2.75, 3.05) is 6.61 Å². The molecule has 1 atom stereocenters. The van der Waals surface area contributed by atoms with E-state index >= 15 is 0 Å². The first-order valence-corrected chi connectivity index (χ1v) is 6.11.